The first-order valence-electron chi connectivity index (χ1n) is 12.8. The fourth-order valence-corrected chi connectivity index (χ4v) is 4.26. The molecule has 36 heavy (non-hydrogen) atoms. The van der Waals surface area contributed by atoms with Crippen molar-refractivity contribution in [3.63, 3.8) is 0 Å². The van der Waals surface area contributed by atoms with E-state index in [0.29, 0.717) is 5.82 Å². The van der Waals surface area contributed by atoms with Crippen LogP contribution in [-0.2, 0) is 20.0 Å². The molecule has 0 aliphatic carbocycles. The normalized spacial score (nSPS) is 15.6. The molecule has 2 aromatic rings. The zero-order chi connectivity index (χ0) is 26.2. The summed E-state index contributed by atoms with van der Waals surface area (Å²) in [5.74, 6) is 0.670. The molecule has 2 aromatic heterocycles. The molecule has 3 heterocycles. The van der Waals surface area contributed by atoms with Gasteiger partial charge in [0.1, 0.15) is 5.82 Å². The molecule has 0 N–H and O–H groups in total. The molecule has 0 unspecified atom stereocenters. The maximum absolute atomic E-state index is 12.3. The maximum Gasteiger partial charge on any atom is 0.253 e. The molecule has 190 valence electrons. The number of aromatic nitrogens is 3. The fraction of sp³-hybridized carbons (Fsp3) is 0.400. The third-order valence-electron chi connectivity index (χ3n) is 6.42. The predicted octanol–water partition coefficient (Wildman–Crippen LogP) is 5.92. The van der Waals surface area contributed by atoms with Crippen LogP contribution in [0.15, 0.2) is 69.4 Å². The number of rotatable bonds is 8. The van der Waals surface area contributed by atoms with E-state index in [1.165, 1.54) is 16.8 Å². The number of pyridine rings is 1. The van der Waals surface area contributed by atoms with E-state index in [1.807, 2.05) is 38.4 Å². The second-order valence-corrected chi connectivity index (χ2v) is 9.32. The van der Waals surface area contributed by atoms with E-state index in [0.717, 1.165) is 60.6 Å². The Kier molecular flexibility index (Phi) is 9.34. The Morgan fingerprint density at radius 1 is 1.22 bits per heavy atom. The minimum Gasteiger partial charge on any atom is -0.367 e. The summed E-state index contributed by atoms with van der Waals surface area (Å²) in [5.41, 5.74) is 8.58. The minimum absolute atomic E-state index is 0.0455. The first-order valence-corrected chi connectivity index (χ1v) is 12.8. The molecule has 3 rings (SSSR count). The summed E-state index contributed by atoms with van der Waals surface area (Å²) in [5, 5.41) is 0. The van der Waals surface area contributed by atoms with E-state index < -0.39 is 0 Å². The zero-order valence-electron chi connectivity index (χ0n) is 22.8. The van der Waals surface area contributed by atoms with Crippen LogP contribution in [0.5, 0.6) is 0 Å². The van der Waals surface area contributed by atoms with Crippen LogP contribution in [0.1, 0.15) is 75.8 Å². The molecule has 0 atom stereocenters. The van der Waals surface area contributed by atoms with E-state index >= 15 is 0 Å². The lowest BCUT2D eigenvalue weighted by atomic mass is 9.99. The van der Waals surface area contributed by atoms with Gasteiger partial charge in [-0.1, -0.05) is 31.6 Å². The molecule has 0 saturated carbocycles. The van der Waals surface area contributed by atoms with Crippen molar-refractivity contribution >= 4 is 11.8 Å². The number of aliphatic imine (C=N–C) groups is 1. The van der Waals surface area contributed by atoms with E-state index in [2.05, 4.69) is 60.8 Å². The van der Waals surface area contributed by atoms with Crippen molar-refractivity contribution < 1.29 is 0 Å². The Balaban J connectivity index is 1.96. The van der Waals surface area contributed by atoms with Gasteiger partial charge in [-0.15, -0.1) is 0 Å². The van der Waals surface area contributed by atoms with Gasteiger partial charge in [0, 0.05) is 67.7 Å². The summed E-state index contributed by atoms with van der Waals surface area (Å²) in [6.45, 7) is 14.0. The van der Waals surface area contributed by atoms with Gasteiger partial charge in [-0.05, 0) is 69.9 Å². The predicted molar refractivity (Wildman–Crippen MR) is 150 cm³/mol. The van der Waals surface area contributed by atoms with Crippen LogP contribution in [0.3, 0.4) is 0 Å². The van der Waals surface area contributed by atoms with Gasteiger partial charge in [0.2, 0.25) is 0 Å². The summed E-state index contributed by atoms with van der Waals surface area (Å²) in [7, 11) is 1.77. The Labute approximate surface area is 215 Å². The standard InChI is InChI=1S/C30H39N5O/c1-8-11-28(22(5)16-29-33-23(6)17-30(36)34(29)7)35-14-12-26-25(20-35)18-24(19-32-26)27(31-13-9-2)15-21(4)10-3/h9,11,13,15-19H,8,10,12,14,20H2,1-7H3/b13-9-,21-15?,22-16-,28-11-,31-27?. The molecule has 6 nitrogen and oxygen atoms in total. The van der Waals surface area contributed by atoms with Gasteiger partial charge in [0.25, 0.3) is 5.56 Å². The van der Waals surface area contributed by atoms with Crippen molar-refractivity contribution in [1.82, 2.24) is 19.4 Å². The fourth-order valence-electron chi connectivity index (χ4n) is 4.26. The van der Waals surface area contributed by atoms with Crippen molar-refractivity contribution in [1.29, 1.82) is 0 Å². The average Bonchev–Trinajstić information content (AvgIpc) is 2.87. The van der Waals surface area contributed by atoms with Gasteiger partial charge >= 0.3 is 0 Å². The number of hydrogen-bond acceptors (Lipinski definition) is 5. The van der Waals surface area contributed by atoms with E-state index in [4.69, 9.17) is 4.98 Å². The highest BCUT2D eigenvalue weighted by Crippen LogP contribution is 2.26. The molecule has 1 aliphatic rings. The molecule has 0 aromatic carbocycles. The highest BCUT2D eigenvalue weighted by Gasteiger charge is 2.21. The van der Waals surface area contributed by atoms with Crippen LogP contribution < -0.4 is 5.56 Å². The molecule has 0 spiro atoms. The number of hydrogen-bond donors (Lipinski definition) is 0. The van der Waals surface area contributed by atoms with E-state index in [9.17, 15) is 4.79 Å². The molecular weight excluding hydrogens is 446 g/mol. The van der Waals surface area contributed by atoms with Crippen LogP contribution in [-0.4, -0.2) is 31.7 Å². The first kappa shape index (κ1) is 27.1. The Bertz CT molecular complexity index is 1310. The van der Waals surface area contributed by atoms with Crippen LogP contribution in [0.4, 0.5) is 0 Å². The zero-order valence-corrected chi connectivity index (χ0v) is 22.8. The van der Waals surface area contributed by atoms with Crippen molar-refractivity contribution in [2.45, 2.75) is 67.3 Å². The lowest BCUT2D eigenvalue weighted by Gasteiger charge is -2.33. The Hall–Kier alpha value is -3.54. The molecule has 0 radical (unpaired) electrons. The highest BCUT2D eigenvalue weighted by molar-refractivity contribution is 6.09. The van der Waals surface area contributed by atoms with Crippen LogP contribution in [0.2, 0.25) is 0 Å². The third-order valence-corrected chi connectivity index (χ3v) is 6.42. The smallest absolute Gasteiger partial charge is 0.253 e. The first-order chi connectivity index (χ1) is 17.3. The summed E-state index contributed by atoms with van der Waals surface area (Å²) >= 11 is 0. The quantitative estimate of drug-likeness (QED) is 0.344. The molecule has 6 heteroatoms. The minimum atomic E-state index is -0.0455. The van der Waals surface area contributed by atoms with Gasteiger partial charge < -0.3 is 4.90 Å². The number of fused-ring (bicyclic) bond motifs is 1. The Morgan fingerprint density at radius 3 is 2.69 bits per heavy atom. The summed E-state index contributed by atoms with van der Waals surface area (Å²) in [4.78, 5) is 28.8. The van der Waals surface area contributed by atoms with Gasteiger partial charge in [0.05, 0.1) is 5.71 Å². The van der Waals surface area contributed by atoms with Crippen LogP contribution in [0, 0.1) is 6.92 Å². The van der Waals surface area contributed by atoms with E-state index in [1.54, 1.807) is 17.7 Å². The monoisotopic (exact) mass is 485 g/mol. The number of aryl methyl sites for hydroxylation is 1. The second kappa shape index (κ2) is 12.4. The van der Waals surface area contributed by atoms with Gasteiger partial charge in [-0.25, -0.2) is 4.98 Å². The maximum atomic E-state index is 12.3. The topological polar surface area (TPSA) is 63.4 Å². The van der Waals surface area contributed by atoms with Gasteiger partial charge in [0.15, 0.2) is 0 Å². The van der Waals surface area contributed by atoms with Crippen LogP contribution >= 0.6 is 0 Å². The van der Waals surface area contributed by atoms with Crippen LogP contribution in [0.25, 0.3) is 6.08 Å². The summed E-state index contributed by atoms with van der Waals surface area (Å²) < 4.78 is 1.60. The Morgan fingerprint density at radius 2 is 2.00 bits per heavy atom. The molecule has 0 fully saturated rings. The van der Waals surface area contributed by atoms with Crippen molar-refractivity contribution in [3.8, 4) is 0 Å². The third kappa shape index (κ3) is 6.56. The lowest BCUT2D eigenvalue weighted by molar-refractivity contribution is 0.324. The lowest BCUT2D eigenvalue weighted by Crippen LogP contribution is -2.31. The van der Waals surface area contributed by atoms with E-state index in [-0.39, 0.29) is 5.56 Å². The summed E-state index contributed by atoms with van der Waals surface area (Å²) in [6, 6.07) is 3.80. The second-order valence-electron chi connectivity index (χ2n) is 9.32. The molecule has 0 saturated heterocycles. The number of allylic oxidation sites excluding steroid dienone is 5. The van der Waals surface area contributed by atoms with Gasteiger partial charge in [-0.3, -0.25) is 19.3 Å². The van der Waals surface area contributed by atoms with Gasteiger partial charge in [-0.2, -0.15) is 0 Å². The molecule has 0 bridgehead atoms. The average molecular weight is 486 g/mol. The van der Waals surface area contributed by atoms with Crippen molar-refractivity contribution in [2.75, 3.05) is 6.54 Å². The molecule has 0 amide bonds. The number of nitrogens with zero attached hydrogens (tertiary/aromatic N) is 5. The summed E-state index contributed by atoms with van der Waals surface area (Å²) in [6.07, 6.45) is 14.9. The molecule has 1 aliphatic heterocycles. The van der Waals surface area contributed by atoms with Crippen molar-refractivity contribution in [2.24, 2.45) is 12.0 Å². The van der Waals surface area contributed by atoms with Crippen molar-refractivity contribution in [3.05, 3.63) is 98.3 Å². The SMILES string of the molecule is C/C=C\N=C(C=C(C)CC)c1cnc2c(c1)CN(C(=C\CC)/C(C)=C\c1nc(C)cc(=O)n1C)CC2. The largest absolute Gasteiger partial charge is 0.367 e. The molecular formula is C30H39N5O. The highest BCUT2D eigenvalue weighted by atomic mass is 16.1.